The minimum Gasteiger partial charge on any atom is -0.380 e. The molecular formula is C15H30N2O2. The predicted octanol–water partition coefficient (Wildman–Crippen LogP) is 2.04. The Balaban J connectivity index is 2.23. The first-order valence-corrected chi connectivity index (χ1v) is 7.63. The van der Waals surface area contributed by atoms with Gasteiger partial charge in [-0.05, 0) is 25.2 Å². The molecule has 19 heavy (non-hydrogen) atoms. The molecule has 0 radical (unpaired) electrons. The summed E-state index contributed by atoms with van der Waals surface area (Å²) < 4.78 is 5.60. The number of carbonyl (C=O) groups excluding carboxylic acids is 1. The number of carbonyl (C=O) groups is 1. The largest absolute Gasteiger partial charge is 0.380 e. The van der Waals surface area contributed by atoms with Crippen LogP contribution in [-0.4, -0.2) is 49.2 Å². The zero-order valence-electron chi connectivity index (χ0n) is 12.9. The summed E-state index contributed by atoms with van der Waals surface area (Å²) in [6.07, 6.45) is 3.13. The van der Waals surface area contributed by atoms with Crippen molar-refractivity contribution in [1.29, 1.82) is 0 Å². The molecule has 1 atom stereocenters. The number of amides is 1. The Labute approximate surface area is 117 Å². The molecule has 0 aromatic rings. The lowest BCUT2D eigenvalue weighted by Crippen LogP contribution is -2.53. The van der Waals surface area contributed by atoms with Crippen molar-refractivity contribution in [2.75, 3.05) is 26.3 Å². The Morgan fingerprint density at radius 3 is 2.68 bits per heavy atom. The molecule has 1 rings (SSSR count). The van der Waals surface area contributed by atoms with E-state index in [-0.39, 0.29) is 11.9 Å². The summed E-state index contributed by atoms with van der Waals surface area (Å²) in [5, 5.41) is 3.35. The van der Waals surface area contributed by atoms with E-state index in [1.807, 2.05) is 4.90 Å². The highest BCUT2D eigenvalue weighted by atomic mass is 16.5. The van der Waals surface area contributed by atoms with Gasteiger partial charge in [0.05, 0.1) is 12.6 Å². The molecule has 0 aromatic heterocycles. The van der Waals surface area contributed by atoms with Crippen LogP contribution in [-0.2, 0) is 9.53 Å². The van der Waals surface area contributed by atoms with Crippen LogP contribution in [0.15, 0.2) is 0 Å². The second-order valence-electron chi connectivity index (χ2n) is 6.14. The SMILES string of the molecule is CC(C)CCOCCN1CCCC(NC(C)C)C1=O. The summed E-state index contributed by atoms with van der Waals surface area (Å²) >= 11 is 0. The normalized spacial score (nSPS) is 20.6. The Kier molecular flexibility index (Phi) is 7.39. The predicted molar refractivity (Wildman–Crippen MR) is 78.1 cm³/mol. The molecule has 4 heteroatoms. The number of rotatable bonds is 8. The lowest BCUT2D eigenvalue weighted by molar-refractivity contribution is -0.137. The van der Waals surface area contributed by atoms with Crippen LogP contribution in [0.2, 0.25) is 0 Å². The number of hydrogen-bond donors (Lipinski definition) is 1. The number of nitrogens with one attached hydrogen (secondary N) is 1. The molecular weight excluding hydrogens is 240 g/mol. The van der Waals surface area contributed by atoms with E-state index in [0.717, 1.165) is 39.0 Å². The monoisotopic (exact) mass is 270 g/mol. The van der Waals surface area contributed by atoms with E-state index < -0.39 is 0 Å². The van der Waals surface area contributed by atoms with Crippen LogP contribution in [0.25, 0.3) is 0 Å². The van der Waals surface area contributed by atoms with Gasteiger partial charge in [0.2, 0.25) is 5.91 Å². The maximum atomic E-state index is 12.2. The smallest absolute Gasteiger partial charge is 0.239 e. The lowest BCUT2D eigenvalue weighted by atomic mass is 10.0. The van der Waals surface area contributed by atoms with Crippen molar-refractivity contribution >= 4 is 5.91 Å². The summed E-state index contributed by atoms with van der Waals surface area (Å²) in [6.45, 7) is 11.6. The molecule has 0 saturated carbocycles. The van der Waals surface area contributed by atoms with Gasteiger partial charge < -0.3 is 15.0 Å². The zero-order valence-corrected chi connectivity index (χ0v) is 12.9. The number of nitrogens with zero attached hydrogens (tertiary/aromatic N) is 1. The minimum absolute atomic E-state index is 0.00409. The molecule has 1 aliphatic rings. The number of piperidine rings is 1. The van der Waals surface area contributed by atoms with Crippen molar-refractivity contribution in [1.82, 2.24) is 10.2 Å². The van der Waals surface area contributed by atoms with Gasteiger partial charge in [-0.2, -0.15) is 0 Å². The second kappa shape index (κ2) is 8.54. The minimum atomic E-state index is 0.00409. The highest BCUT2D eigenvalue weighted by Gasteiger charge is 2.28. The van der Waals surface area contributed by atoms with Crippen LogP contribution >= 0.6 is 0 Å². The van der Waals surface area contributed by atoms with E-state index in [4.69, 9.17) is 4.74 Å². The molecule has 1 heterocycles. The zero-order chi connectivity index (χ0) is 14.3. The summed E-state index contributed by atoms with van der Waals surface area (Å²) in [5.74, 6) is 0.920. The molecule has 0 aromatic carbocycles. The van der Waals surface area contributed by atoms with Gasteiger partial charge in [-0.3, -0.25) is 4.79 Å². The van der Waals surface area contributed by atoms with Crippen LogP contribution in [0.4, 0.5) is 0 Å². The van der Waals surface area contributed by atoms with E-state index in [9.17, 15) is 4.79 Å². The third-order valence-electron chi connectivity index (χ3n) is 3.41. The van der Waals surface area contributed by atoms with E-state index in [1.54, 1.807) is 0 Å². The van der Waals surface area contributed by atoms with Crippen LogP contribution in [0.5, 0.6) is 0 Å². The van der Waals surface area contributed by atoms with E-state index >= 15 is 0 Å². The first kappa shape index (κ1) is 16.4. The van der Waals surface area contributed by atoms with Crippen molar-refractivity contribution < 1.29 is 9.53 Å². The molecule has 1 N–H and O–H groups in total. The van der Waals surface area contributed by atoms with Crippen molar-refractivity contribution in [3.05, 3.63) is 0 Å². The van der Waals surface area contributed by atoms with Crippen molar-refractivity contribution in [2.24, 2.45) is 5.92 Å². The van der Waals surface area contributed by atoms with Gasteiger partial charge in [-0.25, -0.2) is 0 Å². The Bertz CT molecular complexity index is 267. The average Bonchev–Trinajstić information content (AvgIpc) is 2.32. The highest BCUT2D eigenvalue weighted by Crippen LogP contribution is 2.12. The van der Waals surface area contributed by atoms with E-state index in [2.05, 4.69) is 33.0 Å². The van der Waals surface area contributed by atoms with Gasteiger partial charge in [0.1, 0.15) is 0 Å². The Morgan fingerprint density at radius 1 is 1.32 bits per heavy atom. The molecule has 1 unspecified atom stereocenters. The summed E-state index contributed by atoms with van der Waals surface area (Å²) in [7, 11) is 0. The van der Waals surface area contributed by atoms with E-state index in [1.165, 1.54) is 0 Å². The lowest BCUT2D eigenvalue weighted by Gasteiger charge is -2.33. The molecule has 112 valence electrons. The second-order valence-corrected chi connectivity index (χ2v) is 6.14. The van der Waals surface area contributed by atoms with Gasteiger partial charge >= 0.3 is 0 Å². The summed E-state index contributed by atoms with van der Waals surface area (Å²) in [5.41, 5.74) is 0. The number of ether oxygens (including phenoxy) is 1. The maximum Gasteiger partial charge on any atom is 0.239 e. The van der Waals surface area contributed by atoms with Gasteiger partial charge in [-0.1, -0.05) is 27.7 Å². The Morgan fingerprint density at radius 2 is 2.05 bits per heavy atom. The van der Waals surface area contributed by atoms with Crippen molar-refractivity contribution in [3.8, 4) is 0 Å². The topological polar surface area (TPSA) is 41.6 Å². The van der Waals surface area contributed by atoms with Crippen molar-refractivity contribution in [3.63, 3.8) is 0 Å². The molecule has 1 amide bonds. The van der Waals surface area contributed by atoms with Gasteiger partial charge in [0.25, 0.3) is 0 Å². The molecule has 1 saturated heterocycles. The van der Waals surface area contributed by atoms with Crippen LogP contribution in [0, 0.1) is 5.92 Å². The van der Waals surface area contributed by atoms with Gasteiger partial charge in [-0.15, -0.1) is 0 Å². The first-order valence-electron chi connectivity index (χ1n) is 7.63. The number of hydrogen-bond acceptors (Lipinski definition) is 3. The average molecular weight is 270 g/mol. The van der Waals surface area contributed by atoms with Gasteiger partial charge in [0, 0.05) is 25.7 Å². The third-order valence-corrected chi connectivity index (χ3v) is 3.41. The fourth-order valence-electron chi connectivity index (χ4n) is 2.32. The van der Waals surface area contributed by atoms with Crippen molar-refractivity contribution in [2.45, 2.75) is 59.0 Å². The third kappa shape index (κ3) is 6.39. The highest BCUT2D eigenvalue weighted by molar-refractivity contribution is 5.82. The summed E-state index contributed by atoms with van der Waals surface area (Å²) in [6, 6.07) is 0.362. The fourth-order valence-corrected chi connectivity index (χ4v) is 2.32. The Hall–Kier alpha value is -0.610. The van der Waals surface area contributed by atoms with Crippen LogP contribution in [0.1, 0.15) is 47.0 Å². The fraction of sp³-hybridized carbons (Fsp3) is 0.933. The maximum absolute atomic E-state index is 12.2. The summed E-state index contributed by atoms with van der Waals surface area (Å²) in [4.78, 5) is 14.2. The molecule has 4 nitrogen and oxygen atoms in total. The molecule has 1 aliphatic heterocycles. The van der Waals surface area contributed by atoms with E-state index in [0.29, 0.717) is 18.6 Å². The molecule has 0 spiro atoms. The van der Waals surface area contributed by atoms with Crippen LogP contribution in [0.3, 0.4) is 0 Å². The standard InChI is InChI=1S/C15H30N2O2/c1-12(2)7-10-19-11-9-17-8-5-6-14(15(17)18)16-13(3)4/h12-14,16H,5-11H2,1-4H3. The molecule has 0 bridgehead atoms. The molecule has 0 aliphatic carbocycles. The quantitative estimate of drug-likeness (QED) is 0.686. The molecule has 1 fully saturated rings. The van der Waals surface area contributed by atoms with Gasteiger partial charge in [0.15, 0.2) is 0 Å². The van der Waals surface area contributed by atoms with Crippen LogP contribution < -0.4 is 5.32 Å². The number of likely N-dealkylation sites (tertiary alicyclic amines) is 1. The first-order chi connectivity index (χ1) is 9.00.